The van der Waals surface area contributed by atoms with Crippen LogP contribution in [0.15, 0.2) is 30.6 Å². The number of aromatic nitrogens is 2. The molecule has 0 bridgehead atoms. The highest BCUT2D eigenvalue weighted by Gasteiger charge is 2.16. The molecule has 1 aromatic heterocycles. The summed E-state index contributed by atoms with van der Waals surface area (Å²) in [6.07, 6.45) is 3.03. The number of nitrogens with one attached hydrogen (secondary N) is 1. The average molecular weight is 416 g/mol. The van der Waals surface area contributed by atoms with Gasteiger partial charge >= 0.3 is 5.97 Å². The summed E-state index contributed by atoms with van der Waals surface area (Å²) in [7, 11) is 6.24. The molecular weight excluding hydrogens is 392 g/mol. The maximum Gasteiger partial charge on any atom is 0.338 e. The van der Waals surface area contributed by atoms with Crippen LogP contribution >= 0.6 is 0 Å². The van der Waals surface area contributed by atoms with Gasteiger partial charge in [0.15, 0.2) is 12.4 Å². The number of aldehydes is 1. The molecule has 0 saturated carbocycles. The number of ether oxygens (including phenoxy) is 3. The van der Waals surface area contributed by atoms with Crippen LogP contribution in [-0.4, -0.2) is 73.9 Å². The smallest absolute Gasteiger partial charge is 0.338 e. The Bertz CT molecular complexity index is 885. The van der Waals surface area contributed by atoms with Gasteiger partial charge in [-0.15, -0.1) is 0 Å². The molecule has 1 atom stereocenters. The highest BCUT2D eigenvalue weighted by molar-refractivity contribution is 5.91. The number of benzene rings is 1. The molecule has 0 spiro atoms. The standard InChI is InChI=1S/C20H24N4O6/c1-21-6-5-14(12-25)29-15-7-13(20(27)28-4)8-16(9-15)30-18-11-22-17(10-23-18)19(26)24(2)3/h7-12,14,21H,5-6H2,1-4H3. The minimum Gasteiger partial charge on any atom is -0.483 e. The lowest BCUT2D eigenvalue weighted by molar-refractivity contribution is -0.113. The summed E-state index contributed by atoms with van der Waals surface area (Å²) >= 11 is 0. The van der Waals surface area contributed by atoms with Gasteiger partial charge in [-0.25, -0.2) is 14.8 Å². The fraction of sp³-hybridized carbons (Fsp3) is 0.350. The van der Waals surface area contributed by atoms with Gasteiger partial charge in [0.1, 0.15) is 17.2 Å². The molecule has 1 heterocycles. The normalized spacial score (nSPS) is 11.3. The Labute approximate surface area is 174 Å². The van der Waals surface area contributed by atoms with E-state index in [2.05, 4.69) is 15.3 Å². The van der Waals surface area contributed by atoms with E-state index >= 15 is 0 Å². The first-order valence-corrected chi connectivity index (χ1v) is 9.09. The molecule has 0 saturated heterocycles. The van der Waals surface area contributed by atoms with Gasteiger partial charge in [-0.2, -0.15) is 0 Å². The van der Waals surface area contributed by atoms with Gasteiger partial charge in [-0.1, -0.05) is 0 Å². The summed E-state index contributed by atoms with van der Waals surface area (Å²) in [5.41, 5.74) is 0.341. The average Bonchev–Trinajstić information content (AvgIpc) is 2.75. The van der Waals surface area contributed by atoms with Gasteiger partial charge in [-0.3, -0.25) is 9.59 Å². The Hall–Kier alpha value is -3.53. The molecule has 0 radical (unpaired) electrons. The molecule has 1 amide bonds. The number of hydrogen-bond donors (Lipinski definition) is 1. The lowest BCUT2D eigenvalue weighted by atomic mass is 10.2. The third-order valence-electron chi connectivity index (χ3n) is 3.90. The van der Waals surface area contributed by atoms with Gasteiger partial charge in [-0.05, 0) is 25.7 Å². The van der Waals surface area contributed by atoms with Gasteiger partial charge in [0.05, 0.1) is 25.1 Å². The molecule has 0 aliphatic carbocycles. The van der Waals surface area contributed by atoms with Crippen LogP contribution in [0.2, 0.25) is 0 Å². The minimum atomic E-state index is -0.700. The van der Waals surface area contributed by atoms with Crippen LogP contribution in [-0.2, 0) is 9.53 Å². The first-order chi connectivity index (χ1) is 14.4. The number of hydrogen-bond acceptors (Lipinski definition) is 9. The molecule has 0 fully saturated rings. The predicted octanol–water partition coefficient (Wildman–Crippen LogP) is 1.31. The molecule has 0 aliphatic rings. The topological polar surface area (TPSA) is 120 Å². The fourth-order valence-corrected chi connectivity index (χ4v) is 2.38. The number of amides is 1. The summed E-state index contributed by atoms with van der Waals surface area (Å²) in [6.45, 7) is 0.580. The second-order valence-electron chi connectivity index (χ2n) is 6.41. The molecular formula is C20H24N4O6. The molecule has 1 aromatic carbocycles. The summed E-state index contributed by atoms with van der Waals surface area (Å²) in [5, 5.41) is 2.94. The van der Waals surface area contributed by atoms with Crippen LogP contribution in [0.5, 0.6) is 17.4 Å². The molecule has 10 heteroatoms. The number of methoxy groups -OCH3 is 1. The highest BCUT2D eigenvalue weighted by atomic mass is 16.5. The quantitative estimate of drug-likeness (QED) is 0.451. The van der Waals surface area contributed by atoms with Crippen LogP contribution in [0.25, 0.3) is 0 Å². The molecule has 10 nitrogen and oxygen atoms in total. The second-order valence-corrected chi connectivity index (χ2v) is 6.41. The summed E-state index contributed by atoms with van der Waals surface area (Å²) in [6, 6.07) is 4.42. The van der Waals surface area contributed by atoms with Crippen LogP contribution in [0.4, 0.5) is 0 Å². The van der Waals surface area contributed by atoms with Crippen molar-refractivity contribution in [3.05, 3.63) is 41.9 Å². The number of carbonyl (C=O) groups excluding carboxylic acids is 3. The Morgan fingerprint density at radius 2 is 1.90 bits per heavy atom. The zero-order chi connectivity index (χ0) is 22.1. The van der Waals surface area contributed by atoms with Gasteiger partial charge < -0.3 is 24.4 Å². The van der Waals surface area contributed by atoms with E-state index in [-0.39, 0.29) is 34.5 Å². The van der Waals surface area contributed by atoms with Crippen molar-refractivity contribution < 1.29 is 28.6 Å². The van der Waals surface area contributed by atoms with Crippen molar-refractivity contribution >= 4 is 18.2 Å². The Balaban J connectivity index is 2.26. The van der Waals surface area contributed by atoms with Crippen LogP contribution in [0.1, 0.15) is 27.3 Å². The number of esters is 1. The maximum atomic E-state index is 12.0. The van der Waals surface area contributed by atoms with Gasteiger partial charge in [0, 0.05) is 26.6 Å². The third kappa shape index (κ3) is 6.24. The minimum absolute atomic E-state index is 0.111. The van der Waals surface area contributed by atoms with E-state index in [1.165, 1.54) is 42.6 Å². The van der Waals surface area contributed by atoms with Crippen LogP contribution < -0.4 is 14.8 Å². The SMILES string of the molecule is CNCCC(C=O)Oc1cc(Oc2cnc(C(=O)N(C)C)cn2)cc(C(=O)OC)c1. The number of nitrogens with zero attached hydrogens (tertiary/aromatic N) is 3. The van der Waals surface area contributed by atoms with E-state index in [0.717, 1.165) is 0 Å². The summed E-state index contributed by atoms with van der Waals surface area (Å²) < 4.78 is 16.1. The zero-order valence-corrected chi connectivity index (χ0v) is 17.2. The van der Waals surface area contributed by atoms with E-state index in [0.29, 0.717) is 19.3 Å². The Morgan fingerprint density at radius 3 is 2.47 bits per heavy atom. The number of carbonyl (C=O) groups is 3. The first-order valence-electron chi connectivity index (χ1n) is 9.09. The van der Waals surface area contributed by atoms with E-state index in [1.54, 1.807) is 21.1 Å². The van der Waals surface area contributed by atoms with Gasteiger partial charge in [0.25, 0.3) is 5.91 Å². The van der Waals surface area contributed by atoms with Crippen LogP contribution in [0.3, 0.4) is 0 Å². The molecule has 2 aromatic rings. The van der Waals surface area contributed by atoms with Crippen molar-refractivity contribution in [3.8, 4) is 17.4 Å². The monoisotopic (exact) mass is 416 g/mol. The molecule has 1 unspecified atom stereocenters. The van der Waals surface area contributed by atoms with Crippen molar-refractivity contribution in [1.82, 2.24) is 20.2 Å². The number of rotatable bonds is 10. The maximum absolute atomic E-state index is 12.0. The fourth-order valence-electron chi connectivity index (χ4n) is 2.38. The lowest BCUT2D eigenvalue weighted by Gasteiger charge is -2.15. The van der Waals surface area contributed by atoms with E-state index < -0.39 is 12.1 Å². The van der Waals surface area contributed by atoms with Crippen molar-refractivity contribution in [2.45, 2.75) is 12.5 Å². The molecule has 0 aliphatic heterocycles. The molecule has 160 valence electrons. The lowest BCUT2D eigenvalue weighted by Crippen LogP contribution is -2.23. The summed E-state index contributed by atoms with van der Waals surface area (Å²) in [5.74, 6) is -0.291. The molecule has 1 N–H and O–H groups in total. The van der Waals surface area contributed by atoms with Gasteiger partial charge in [0.2, 0.25) is 5.88 Å². The predicted molar refractivity (Wildman–Crippen MR) is 107 cm³/mol. The highest BCUT2D eigenvalue weighted by Crippen LogP contribution is 2.27. The first kappa shape index (κ1) is 22.8. The van der Waals surface area contributed by atoms with Crippen molar-refractivity contribution in [1.29, 1.82) is 0 Å². The largest absolute Gasteiger partial charge is 0.483 e. The molecule has 30 heavy (non-hydrogen) atoms. The van der Waals surface area contributed by atoms with Crippen molar-refractivity contribution in [3.63, 3.8) is 0 Å². The Kier molecular flexibility index (Phi) is 8.24. The van der Waals surface area contributed by atoms with Crippen LogP contribution in [0, 0.1) is 0 Å². The zero-order valence-electron chi connectivity index (χ0n) is 17.2. The van der Waals surface area contributed by atoms with E-state index in [4.69, 9.17) is 14.2 Å². The van der Waals surface area contributed by atoms with E-state index in [1.807, 2.05) is 0 Å². The van der Waals surface area contributed by atoms with Crippen molar-refractivity contribution in [2.75, 3.05) is 34.8 Å². The summed E-state index contributed by atoms with van der Waals surface area (Å²) in [4.78, 5) is 44.7. The van der Waals surface area contributed by atoms with E-state index in [9.17, 15) is 14.4 Å². The second kappa shape index (κ2) is 10.9. The molecule has 2 rings (SSSR count). The Morgan fingerprint density at radius 1 is 1.17 bits per heavy atom. The van der Waals surface area contributed by atoms with Crippen molar-refractivity contribution in [2.24, 2.45) is 0 Å². The third-order valence-corrected chi connectivity index (χ3v) is 3.90.